The van der Waals surface area contributed by atoms with Crippen LogP contribution in [0.4, 0.5) is 10.1 Å². The van der Waals surface area contributed by atoms with Gasteiger partial charge in [-0.05, 0) is 44.0 Å². The van der Waals surface area contributed by atoms with Crippen LogP contribution in [-0.4, -0.2) is 39.8 Å². The molecule has 1 atom stereocenters. The van der Waals surface area contributed by atoms with E-state index in [4.69, 9.17) is 4.74 Å². The maximum atomic E-state index is 14.0. The Morgan fingerprint density at radius 2 is 1.83 bits per heavy atom. The number of ether oxygens (including phenoxy) is 1. The van der Waals surface area contributed by atoms with Gasteiger partial charge >= 0.3 is 0 Å². The summed E-state index contributed by atoms with van der Waals surface area (Å²) in [4.78, 5) is 12.2. The van der Waals surface area contributed by atoms with Crippen molar-refractivity contribution < 1.29 is 22.3 Å². The standard InChI is InChI=1S/C21H27FN2O4S/c1-16-9-4-7-12-20(16)28-15-17(2)23-21(25)13-8-14-24(29(3,26)27)19-11-6-5-10-18(19)22/h4-7,9-12,17H,8,13-15H2,1-3H3,(H,23,25). The number of nitrogens with zero attached hydrogens (tertiary/aromatic N) is 1. The van der Waals surface area contributed by atoms with Crippen molar-refractivity contribution in [3.63, 3.8) is 0 Å². The van der Waals surface area contributed by atoms with Gasteiger partial charge in [0.2, 0.25) is 15.9 Å². The number of hydrogen-bond donors (Lipinski definition) is 1. The molecule has 0 saturated heterocycles. The quantitative estimate of drug-likeness (QED) is 0.638. The van der Waals surface area contributed by atoms with E-state index < -0.39 is 15.8 Å². The van der Waals surface area contributed by atoms with E-state index in [1.54, 1.807) is 6.07 Å². The van der Waals surface area contributed by atoms with Gasteiger partial charge in [-0.3, -0.25) is 9.10 Å². The summed E-state index contributed by atoms with van der Waals surface area (Å²) in [5.41, 5.74) is 0.996. The zero-order chi connectivity index (χ0) is 21.4. The second-order valence-electron chi connectivity index (χ2n) is 6.94. The van der Waals surface area contributed by atoms with Crippen molar-refractivity contribution in [3.05, 3.63) is 59.9 Å². The average molecular weight is 423 g/mol. The minimum Gasteiger partial charge on any atom is -0.491 e. The Bertz CT molecular complexity index is 934. The number of aryl methyl sites for hydroxylation is 1. The lowest BCUT2D eigenvalue weighted by Gasteiger charge is -2.23. The number of halogens is 1. The van der Waals surface area contributed by atoms with Crippen LogP contribution in [0.25, 0.3) is 0 Å². The number of benzene rings is 2. The van der Waals surface area contributed by atoms with E-state index in [0.29, 0.717) is 6.61 Å². The first kappa shape index (κ1) is 22.7. The minimum absolute atomic E-state index is 0.0152. The maximum absolute atomic E-state index is 14.0. The molecule has 2 aromatic rings. The third-order valence-electron chi connectivity index (χ3n) is 4.28. The number of hydrogen-bond acceptors (Lipinski definition) is 4. The Morgan fingerprint density at radius 1 is 1.17 bits per heavy atom. The molecule has 1 amide bonds. The molecule has 0 fully saturated rings. The molecule has 0 saturated carbocycles. The Balaban J connectivity index is 1.83. The van der Waals surface area contributed by atoms with E-state index >= 15 is 0 Å². The maximum Gasteiger partial charge on any atom is 0.232 e. The first-order valence-corrected chi connectivity index (χ1v) is 11.2. The third kappa shape index (κ3) is 7.05. The molecule has 2 rings (SSSR count). The van der Waals surface area contributed by atoms with Crippen molar-refractivity contribution in [2.45, 2.75) is 32.7 Å². The molecule has 0 aliphatic heterocycles. The Hall–Kier alpha value is -2.61. The molecular weight excluding hydrogens is 395 g/mol. The van der Waals surface area contributed by atoms with Crippen molar-refractivity contribution in [1.29, 1.82) is 0 Å². The van der Waals surface area contributed by atoms with Crippen molar-refractivity contribution >= 4 is 21.6 Å². The molecule has 0 aliphatic rings. The Morgan fingerprint density at radius 3 is 2.48 bits per heavy atom. The van der Waals surface area contributed by atoms with Crippen LogP contribution in [0.2, 0.25) is 0 Å². The summed E-state index contributed by atoms with van der Waals surface area (Å²) >= 11 is 0. The van der Waals surface area contributed by atoms with Gasteiger partial charge in [-0.25, -0.2) is 12.8 Å². The van der Waals surface area contributed by atoms with Crippen LogP contribution in [0.5, 0.6) is 5.75 Å². The van der Waals surface area contributed by atoms with Gasteiger partial charge in [-0.15, -0.1) is 0 Å². The molecule has 0 bridgehead atoms. The third-order valence-corrected chi connectivity index (χ3v) is 5.46. The highest BCUT2D eigenvalue weighted by molar-refractivity contribution is 7.92. The van der Waals surface area contributed by atoms with Gasteiger partial charge in [0.15, 0.2) is 0 Å². The van der Waals surface area contributed by atoms with Crippen LogP contribution < -0.4 is 14.4 Å². The fraction of sp³-hybridized carbons (Fsp3) is 0.381. The van der Waals surface area contributed by atoms with Gasteiger partial charge in [0, 0.05) is 13.0 Å². The monoisotopic (exact) mass is 422 g/mol. The normalized spacial score (nSPS) is 12.3. The van der Waals surface area contributed by atoms with Crippen molar-refractivity contribution in [1.82, 2.24) is 5.32 Å². The molecule has 158 valence electrons. The number of amides is 1. The summed E-state index contributed by atoms with van der Waals surface area (Å²) in [6.07, 6.45) is 1.40. The molecule has 1 unspecified atom stereocenters. The summed E-state index contributed by atoms with van der Waals surface area (Å²) < 4.78 is 44.7. The van der Waals surface area contributed by atoms with Crippen LogP contribution in [0.3, 0.4) is 0 Å². The molecule has 2 aromatic carbocycles. The largest absolute Gasteiger partial charge is 0.491 e. The topological polar surface area (TPSA) is 75.7 Å². The van der Waals surface area contributed by atoms with Crippen LogP contribution in [0.15, 0.2) is 48.5 Å². The number of para-hydroxylation sites is 2. The van der Waals surface area contributed by atoms with Gasteiger partial charge in [0.1, 0.15) is 18.2 Å². The van der Waals surface area contributed by atoms with Gasteiger partial charge in [-0.1, -0.05) is 30.3 Å². The van der Waals surface area contributed by atoms with E-state index in [-0.39, 0.29) is 37.0 Å². The van der Waals surface area contributed by atoms with Gasteiger partial charge in [0.05, 0.1) is 18.0 Å². The summed E-state index contributed by atoms with van der Waals surface area (Å²) in [5.74, 6) is -0.0699. The van der Waals surface area contributed by atoms with Gasteiger partial charge < -0.3 is 10.1 Å². The minimum atomic E-state index is -3.66. The van der Waals surface area contributed by atoms with E-state index in [2.05, 4.69) is 5.32 Å². The molecule has 6 nitrogen and oxygen atoms in total. The summed E-state index contributed by atoms with van der Waals surface area (Å²) in [5, 5.41) is 2.83. The van der Waals surface area contributed by atoms with Crippen molar-refractivity contribution in [2.24, 2.45) is 0 Å². The van der Waals surface area contributed by atoms with Gasteiger partial charge in [0.25, 0.3) is 0 Å². The first-order chi connectivity index (χ1) is 13.7. The van der Waals surface area contributed by atoms with Crippen LogP contribution in [0, 0.1) is 12.7 Å². The molecule has 29 heavy (non-hydrogen) atoms. The smallest absolute Gasteiger partial charge is 0.232 e. The fourth-order valence-electron chi connectivity index (χ4n) is 2.82. The predicted octanol–water partition coefficient (Wildman–Crippen LogP) is 3.26. The van der Waals surface area contributed by atoms with Crippen LogP contribution in [0.1, 0.15) is 25.3 Å². The highest BCUT2D eigenvalue weighted by Crippen LogP contribution is 2.22. The molecule has 0 spiro atoms. The molecule has 1 N–H and O–H groups in total. The zero-order valence-electron chi connectivity index (χ0n) is 16.9. The number of sulfonamides is 1. The Labute approximate surface area is 171 Å². The van der Waals surface area contributed by atoms with Crippen molar-refractivity contribution in [3.8, 4) is 5.75 Å². The van der Waals surface area contributed by atoms with Crippen LogP contribution in [-0.2, 0) is 14.8 Å². The van der Waals surface area contributed by atoms with E-state index in [1.807, 2.05) is 38.1 Å². The second-order valence-corrected chi connectivity index (χ2v) is 8.84. The molecular formula is C21H27FN2O4S. The Kier molecular flexibility index (Phi) is 8.01. The molecule has 0 radical (unpaired) electrons. The SMILES string of the molecule is Cc1ccccc1OCC(C)NC(=O)CCCN(c1ccccc1F)S(C)(=O)=O. The lowest BCUT2D eigenvalue weighted by molar-refractivity contribution is -0.121. The fourth-order valence-corrected chi connectivity index (χ4v) is 3.79. The highest BCUT2D eigenvalue weighted by atomic mass is 32.2. The molecule has 0 aliphatic carbocycles. The zero-order valence-corrected chi connectivity index (χ0v) is 17.7. The number of carbonyl (C=O) groups excluding carboxylic acids is 1. The van der Waals surface area contributed by atoms with E-state index in [9.17, 15) is 17.6 Å². The van der Waals surface area contributed by atoms with Crippen molar-refractivity contribution in [2.75, 3.05) is 23.7 Å². The lowest BCUT2D eigenvalue weighted by Crippen LogP contribution is -2.37. The molecule has 0 heterocycles. The molecule has 0 aromatic heterocycles. The summed E-state index contributed by atoms with van der Waals surface area (Å²) in [6, 6.07) is 13.1. The highest BCUT2D eigenvalue weighted by Gasteiger charge is 2.20. The van der Waals surface area contributed by atoms with E-state index in [0.717, 1.165) is 21.9 Å². The summed E-state index contributed by atoms with van der Waals surface area (Å²) in [6.45, 7) is 4.11. The predicted molar refractivity (Wildman–Crippen MR) is 112 cm³/mol. The first-order valence-electron chi connectivity index (χ1n) is 9.38. The van der Waals surface area contributed by atoms with Crippen LogP contribution >= 0.6 is 0 Å². The number of nitrogens with one attached hydrogen (secondary N) is 1. The lowest BCUT2D eigenvalue weighted by atomic mass is 10.2. The molecule has 8 heteroatoms. The number of rotatable bonds is 10. The van der Waals surface area contributed by atoms with Gasteiger partial charge in [-0.2, -0.15) is 0 Å². The average Bonchev–Trinajstić information content (AvgIpc) is 2.64. The van der Waals surface area contributed by atoms with E-state index in [1.165, 1.54) is 18.2 Å². The number of carbonyl (C=O) groups is 1. The second kappa shape index (κ2) is 10.2. The summed E-state index contributed by atoms with van der Waals surface area (Å²) in [7, 11) is -3.66. The number of anilines is 1.